The van der Waals surface area contributed by atoms with Crippen LogP contribution in [0.4, 0.5) is 10.1 Å². The number of sulfone groups is 1. The van der Waals surface area contributed by atoms with E-state index in [-0.39, 0.29) is 15.5 Å². The number of hydrogen-bond acceptors (Lipinski definition) is 4. The molecule has 0 aliphatic carbocycles. The number of anilines is 1. The largest absolute Gasteiger partial charge is 0.396 e. The first-order valence-corrected chi connectivity index (χ1v) is 6.20. The predicted octanol–water partition coefficient (Wildman–Crippen LogP) is 1.64. The molecule has 4 nitrogen and oxygen atoms in total. The van der Waals surface area contributed by atoms with Crippen molar-refractivity contribution in [2.24, 2.45) is 0 Å². The van der Waals surface area contributed by atoms with Crippen LogP contribution < -0.4 is 5.73 Å². The molecule has 0 amide bonds. The Morgan fingerprint density at radius 1 is 1.12 bits per heavy atom. The summed E-state index contributed by atoms with van der Waals surface area (Å²) in [5, 5.41) is 0. The summed E-state index contributed by atoms with van der Waals surface area (Å²) in [6.45, 7) is 0. The van der Waals surface area contributed by atoms with Gasteiger partial charge in [-0.15, -0.1) is 0 Å². The lowest BCUT2D eigenvalue weighted by atomic mass is 10.3. The van der Waals surface area contributed by atoms with E-state index in [1.807, 2.05) is 0 Å². The minimum atomic E-state index is -3.72. The summed E-state index contributed by atoms with van der Waals surface area (Å²) in [4.78, 5) is 3.69. The fourth-order valence-electron chi connectivity index (χ4n) is 1.38. The minimum Gasteiger partial charge on any atom is -0.396 e. The summed E-state index contributed by atoms with van der Waals surface area (Å²) < 4.78 is 37.0. The van der Waals surface area contributed by atoms with Crippen LogP contribution in [0.2, 0.25) is 0 Å². The highest BCUT2D eigenvalue weighted by Gasteiger charge is 2.20. The SMILES string of the molecule is Nc1cnccc1S(=O)(=O)c1ccc(F)cc1. The molecule has 6 heteroatoms. The van der Waals surface area contributed by atoms with Crippen molar-refractivity contribution in [3.05, 3.63) is 48.5 Å². The number of rotatable bonds is 2. The molecule has 2 rings (SSSR count). The van der Waals surface area contributed by atoms with E-state index in [9.17, 15) is 12.8 Å². The highest BCUT2D eigenvalue weighted by molar-refractivity contribution is 7.91. The van der Waals surface area contributed by atoms with Crippen molar-refractivity contribution in [3.8, 4) is 0 Å². The van der Waals surface area contributed by atoms with Crippen molar-refractivity contribution < 1.29 is 12.8 Å². The Hall–Kier alpha value is -1.95. The third kappa shape index (κ3) is 2.12. The molecule has 1 aromatic carbocycles. The molecular formula is C11H9FN2O2S. The number of nitrogen functional groups attached to an aromatic ring is 1. The molecule has 0 aliphatic rings. The zero-order chi connectivity index (χ0) is 12.5. The Morgan fingerprint density at radius 2 is 1.76 bits per heavy atom. The number of aromatic nitrogens is 1. The maximum Gasteiger partial charge on any atom is 0.208 e. The summed E-state index contributed by atoms with van der Waals surface area (Å²) >= 11 is 0. The van der Waals surface area contributed by atoms with Crippen LogP contribution in [0.25, 0.3) is 0 Å². The van der Waals surface area contributed by atoms with Crippen LogP contribution >= 0.6 is 0 Å². The van der Waals surface area contributed by atoms with Crippen LogP contribution in [0.3, 0.4) is 0 Å². The van der Waals surface area contributed by atoms with Crippen LogP contribution in [0.15, 0.2) is 52.5 Å². The first kappa shape index (κ1) is 11.5. The average molecular weight is 252 g/mol. The molecule has 1 heterocycles. The van der Waals surface area contributed by atoms with Crippen molar-refractivity contribution in [1.82, 2.24) is 4.98 Å². The number of halogens is 1. The van der Waals surface area contributed by atoms with Crippen LogP contribution in [-0.4, -0.2) is 13.4 Å². The van der Waals surface area contributed by atoms with Gasteiger partial charge in [0.25, 0.3) is 0 Å². The normalized spacial score (nSPS) is 11.4. The number of hydrogen-bond donors (Lipinski definition) is 1. The minimum absolute atomic E-state index is 0.00296. The highest BCUT2D eigenvalue weighted by Crippen LogP contribution is 2.24. The summed E-state index contributed by atoms with van der Waals surface area (Å²) in [5.41, 5.74) is 5.62. The van der Waals surface area contributed by atoms with Gasteiger partial charge in [0.05, 0.1) is 21.7 Å². The molecule has 17 heavy (non-hydrogen) atoms. The predicted molar refractivity (Wildman–Crippen MR) is 60.5 cm³/mol. The van der Waals surface area contributed by atoms with Gasteiger partial charge in [-0.1, -0.05) is 0 Å². The first-order valence-electron chi connectivity index (χ1n) is 4.72. The van der Waals surface area contributed by atoms with Gasteiger partial charge in [0.1, 0.15) is 5.82 Å². The molecule has 0 unspecified atom stereocenters. The molecule has 0 radical (unpaired) electrons. The highest BCUT2D eigenvalue weighted by atomic mass is 32.2. The van der Waals surface area contributed by atoms with Crippen molar-refractivity contribution in [2.75, 3.05) is 5.73 Å². The molecular weight excluding hydrogens is 243 g/mol. The molecule has 0 saturated carbocycles. The molecule has 0 atom stereocenters. The van der Waals surface area contributed by atoms with Crippen molar-refractivity contribution in [1.29, 1.82) is 0 Å². The zero-order valence-electron chi connectivity index (χ0n) is 8.67. The summed E-state index contributed by atoms with van der Waals surface area (Å²) in [6.07, 6.45) is 2.60. The van der Waals surface area contributed by atoms with Crippen LogP contribution in [0.1, 0.15) is 0 Å². The molecule has 0 bridgehead atoms. The van der Waals surface area contributed by atoms with Gasteiger partial charge in [0.2, 0.25) is 9.84 Å². The van der Waals surface area contributed by atoms with E-state index in [1.165, 1.54) is 30.6 Å². The molecule has 0 saturated heterocycles. The van der Waals surface area contributed by atoms with E-state index < -0.39 is 15.7 Å². The molecule has 2 N–H and O–H groups in total. The topological polar surface area (TPSA) is 73.0 Å². The lowest BCUT2D eigenvalue weighted by Gasteiger charge is -2.06. The third-order valence-corrected chi connectivity index (χ3v) is 4.07. The Kier molecular flexibility index (Phi) is 2.81. The molecule has 0 aliphatic heterocycles. The fraction of sp³-hybridized carbons (Fsp3) is 0. The van der Waals surface area contributed by atoms with E-state index >= 15 is 0 Å². The van der Waals surface area contributed by atoms with E-state index in [0.29, 0.717) is 0 Å². The van der Waals surface area contributed by atoms with Gasteiger partial charge in [-0.3, -0.25) is 4.98 Å². The van der Waals surface area contributed by atoms with E-state index in [2.05, 4.69) is 4.98 Å². The molecule has 88 valence electrons. The third-order valence-electron chi connectivity index (χ3n) is 2.22. The summed E-state index contributed by atoms with van der Waals surface area (Å²) in [7, 11) is -3.72. The van der Waals surface area contributed by atoms with Gasteiger partial charge in [-0.2, -0.15) is 0 Å². The van der Waals surface area contributed by atoms with E-state index in [4.69, 9.17) is 5.73 Å². The van der Waals surface area contributed by atoms with Gasteiger partial charge in [-0.05, 0) is 30.3 Å². The van der Waals surface area contributed by atoms with Gasteiger partial charge in [-0.25, -0.2) is 12.8 Å². The Bertz CT molecular complexity index is 639. The molecule has 0 spiro atoms. The fourth-order valence-corrected chi connectivity index (χ4v) is 2.73. The lowest BCUT2D eigenvalue weighted by molar-refractivity contribution is 0.595. The van der Waals surface area contributed by atoms with E-state index in [0.717, 1.165) is 12.1 Å². The second kappa shape index (κ2) is 4.14. The van der Waals surface area contributed by atoms with Crippen LogP contribution in [-0.2, 0) is 9.84 Å². The van der Waals surface area contributed by atoms with Crippen molar-refractivity contribution >= 4 is 15.5 Å². The van der Waals surface area contributed by atoms with Gasteiger partial charge in [0.15, 0.2) is 0 Å². The maximum absolute atomic E-state index is 12.7. The quantitative estimate of drug-likeness (QED) is 0.824. The second-order valence-electron chi connectivity index (χ2n) is 3.37. The zero-order valence-corrected chi connectivity index (χ0v) is 9.49. The molecule has 1 aromatic heterocycles. The maximum atomic E-state index is 12.7. The average Bonchev–Trinajstić information content (AvgIpc) is 2.30. The monoisotopic (exact) mass is 252 g/mol. The Labute approximate surface area is 97.8 Å². The summed E-state index contributed by atoms with van der Waals surface area (Å²) in [6, 6.07) is 5.89. The van der Waals surface area contributed by atoms with E-state index in [1.54, 1.807) is 0 Å². The lowest BCUT2D eigenvalue weighted by Crippen LogP contribution is -2.05. The first-order chi connectivity index (χ1) is 8.01. The molecule has 0 fully saturated rings. The number of nitrogens with zero attached hydrogens (tertiary/aromatic N) is 1. The van der Waals surface area contributed by atoms with Crippen molar-refractivity contribution in [3.63, 3.8) is 0 Å². The smallest absolute Gasteiger partial charge is 0.208 e. The van der Waals surface area contributed by atoms with Gasteiger partial charge >= 0.3 is 0 Å². The van der Waals surface area contributed by atoms with Crippen LogP contribution in [0, 0.1) is 5.82 Å². The Balaban J connectivity index is 2.58. The standard InChI is InChI=1S/C11H9FN2O2S/c12-8-1-3-9(4-2-8)17(15,16)11-5-6-14-7-10(11)13/h1-7H,13H2. The number of benzene rings is 1. The van der Waals surface area contributed by atoms with Gasteiger partial charge in [0, 0.05) is 6.20 Å². The molecule has 2 aromatic rings. The number of nitrogens with two attached hydrogens (primary N) is 1. The van der Waals surface area contributed by atoms with Gasteiger partial charge < -0.3 is 5.73 Å². The van der Waals surface area contributed by atoms with Crippen molar-refractivity contribution in [2.45, 2.75) is 9.79 Å². The second-order valence-corrected chi connectivity index (χ2v) is 5.29. The Morgan fingerprint density at radius 3 is 2.35 bits per heavy atom. The van der Waals surface area contributed by atoms with Crippen LogP contribution in [0.5, 0.6) is 0 Å². The number of pyridine rings is 1. The summed E-state index contributed by atoms with van der Waals surface area (Å²) in [5.74, 6) is -0.494.